The summed E-state index contributed by atoms with van der Waals surface area (Å²) in [4.78, 5) is 51.7. The van der Waals surface area contributed by atoms with E-state index in [4.69, 9.17) is 14.2 Å². The SMILES string of the molecule is COc1ccc(OC)c(NC(=O)c2ccc(N3C[C@@H](C(=O)OCC(=O)c4ccc(Br)cc4)CC3=O)cc2)c1. The van der Waals surface area contributed by atoms with E-state index in [-0.39, 0.29) is 30.6 Å². The average Bonchev–Trinajstić information content (AvgIpc) is 3.33. The van der Waals surface area contributed by atoms with E-state index in [1.807, 2.05) is 0 Å². The van der Waals surface area contributed by atoms with Crippen LogP contribution in [-0.2, 0) is 14.3 Å². The first kappa shape index (κ1) is 26.9. The van der Waals surface area contributed by atoms with Crippen LogP contribution in [0.5, 0.6) is 11.5 Å². The maximum atomic E-state index is 12.8. The van der Waals surface area contributed by atoms with Gasteiger partial charge in [-0.15, -0.1) is 0 Å². The van der Waals surface area contributed by atoms with Crippen molar-refractivity contribution in [3.8, 4) is 11.5 Å². The molecular weight excluding hydrogens is 556 g/mol. The zero-order valence-electron chi connectivity index (χ0n) is 20.7. The number of esters is 1. The van der Waals surface area contributed by atoms with Crippen LogP contribution in [0.3, 0.4) is 0 Å². The number of benzene rings is 3. The predicted octanol–water partition coefficient (Wildman–Crippen LogP) is 4.50. The number of nitrogens with one attached hydrogen (secondary N) is 1. The summed E-state index contributed by atoms with van der Waals surface area (Å²) < 4.78 is 16.5. The number of halogens is 1. The van der Waals surface area contributed by atoms with Gasteiger partial charge in [0.15, 0.2) is 12.4 Å². The van der Waals surface area contributed by atoms with Gasteiger partial charge >= 0.3 is 5.97 Å². The van der Waals surface area contributed by atoms with Crippen molar-refractivity contribution in [2.45, 2.75) is 6.42 Å². The highest BCUT2D eigenvalue weighted by atomic mass is 79.9. The first-order chi connectivity index (χ1) is 18.3. The van der Waals surface area contributed by atoms with E-state index in [0.29, 0.717) is 34.0 Å². The van der Waals surface area contributed by atoms with Gasteiger partial charge in [-0.05, 0) is 48.5 Å². The van der Waals surface area contributed by atoms with Crippen molar-refractivity contribution in [3.05, 3.63) is 82.3 Å². The van der Waals surface area contributed by atoms with Crippen molar-refractivity contribution in [1.29, 1.82) is 0 Å². The molecule has 0 aliphatic carbocycles. The molecule has 0 bridgehead atoms. The van der Waals surface area contributed by atoms with E-state index in [1.165, 1.54) is 19.1 Å². The summed E-state index contributed by atoms with van der Waals surface area (Å²) >= 11 is 3.30. The average molecular weight is 581 g/mol. The zero-order valence-corrected chi connectivity index (χ0v) is 22.3. The molecule has 2 amide bonds. The van der Waals surface area contributed by atoms with Gasteiger partial charge in [0, 0.05) is 40.3 Å². The molecule has 1 atom stereocenters. The number of methoxy groups -OCH3 is 2. The van der Waals surface area contributed by atoms with Gasteiger partial charge in [0.1, 0.15) is 11.5 Å². The predicted molar refractivity (Wildman–Crippen MR) is 144 cm³/mol. The van der Waals surface area contributed by atoms with Crippen LogP contribution >= 0.6 is 15.9 Å². The van der Waals surface area contributed by atoms with Gasteiger partial charge in [0.25, 0.3) is 5.91 Å². The molecule has 1 aliphatic rings. The van der Waals surface area contributed by atoms with Crippen molar-refractivity contribution in [3.63, 3.8) is 0 Å². The van der Waals surface area contributed by atoms with Crippen LogP contribution in [-0.4, -0.2) is 50.9 Å². The summed E-state index contributed by atoms with van der Waals surface area (Å²) in [5, 5.41) is 2.79. The lowest BCUT2D eigenvalue weighted by Gasteiger charge is -2.17. The molecule has 1 N–H and O–H groups in total. The van der Waals surface area contributed by atoms with Crippen LogP contribution in [0.15, 0.2) is 71.2 Å². The lowest BCUT2D eigenvalue weighted by molar-refractivity contribution is -0.147. The maximum absolute atomic E-state index is 12.8. The molecule has 4 rings (SSSR count). The molecule has 3 aromatic carbocycles. The smallest absolute Gasteiger partial charge is 0.311 e. The zero-order chi connectivity index (χ0) is 27.2. The molecule has 10 heteroatoms. The van der Waals surface area contributed by atoms with Crippen molar-refractivity contribution < 1.29 is 33.4 Å². The number of hydrogen-bond acceptors (Lipinski definition) is 7. The van der Waals surface area contributed by atoms with Gasteiger partial charge in [-0.1, -0.05) is 28.1 Å². The quantitative estimate of drug-likeness (QED) is 0.293. The highest BCUT2D eigenvalue weighted by Gasteiger charge is 2.36. The first-order valence-electron chi connectivity index (χ1n) is 11.7. The number of nitrogens with zero attached hydrogens (tertiary/aromatic N) is 1. The van der Waals surface area contributed by atoms with E-state index in [9.17, 15) is 19.2 Å². The Balaban J connectivity index is 1.35. The van der Waals surface area contributed by atoms with Crippen LogP contribution in [0.25, 0.3) is 0 Å². The van der Waals surface area contributed by atoms with Crippen LogP contribution < -0.4 is 19.7 Å². The normalized spacial score (nSPS) is 14.7. The van der Waals surface area contributed by atoms with Crippen molar-refractivity contribution >= 4 is 50.9 Å². The van der Waals surface area contributed by atoms with Crippen molar-refractivity contribution in [2.24, 2.45) is 5.92 Å². The topological polar surface area (TPSA) is 111 Å². The number of hydrogen-bond donors (Lipinski definition) is 1. The third-order valence-corrected chi connectivity index (χ3v) is 6.59. The number of Topliss-reactive ketones (excluding diaryl/α,β-unsaturated/α-hetero) is 1. The summed E-state index contributed by atoms with van der Waals surface area (Å²) in [6, 6.07) is 18.3. The molecule has 1 heterocycles. The minimum absolute atomic E-state index is 0.0246. The van der Waals surface area contributed by atoms with Crippen LogP contribution in [0.1, 0.15) is 27.1 Å². The Bertz CT molecular complexity index is 1360. The molecule has 0 spiro atoms. The maximum Gasteiger partial charge on any atom is 0.311 e. The summed E-state index contributed by atoms with van der Waals surface area (Å²) in [5.41, 5.74) is 1.80. The Morgan fingerprint density at radius 3 is 2.29 bits per heavy atom. The monoisotopic (exact) mass is 580 g/mol. The second-order valence-corrected chi connectivity index (χ2v) is 9.43. The summed E-state index contributed by atoms with van der Waals surface area (Å²) in [6.07, 6.45) is -0.0246. The van der Waals surface area contributed by atoms with Crippen LogP contribution in [0.4, 0.5) is 11.4 Å². The Labute approximate surface area is 227 Å². The van der Waals surface area contributed by atoms with Gasteiger partial charge in [-0.2, -0.15) is 0 Å². The summed E-state index contributed by atoms with van der Waals surface area (Å²) in [6.45, 7) is -0.274. The fraction of sp³-hybridized carbons (Fsp3) is 0.214. The number of amides is 2. The van der Waals surface area contributed by atoms with Crippen molar-refractivity contribution in [1.82, 2.24) is 0 Å². The Morgan fingerprint density at radius 2 is 1.63 bits per heavy atom. The first-order valence-corrected chi connectivity index (χ1v) is 12.5. The second kappa shape index (κ2) is 11.9. The number of anilines is 2. The molecule has 3 aromatic rings. The van der Waals surface area contributed by atoms with Gasteiger partial charge in [-0.25, -0.2) is 0 Å². The molecular formula is C28H25BrN2O7. The molecule has 0 aromatic heterocycles. The minimum atomic E-state index is -0.691. The minimum Gasteiger partial charge on any atom is -0.497 e. The lowest BCUT2D eigenvalue weighted by atomic mass is 10.1. The second-order valence-electron chi connectivity index (χ2n) is 8.51. The Kier molecular flexibility index (Phi) is 8.42. The summed E-state index contributed by atoms with van der Waals surface area (Å²) in [5.74, 6) is -1.19. The highest BCUT2D eigenvalue weighted by molar-refractivity contribution is 9.10. The van der Waals surface area contributed by atoms with E-state index in [2.05, 4.69) is 21.2 Å². The number of ketones is 1. The molecule has 0 radical (unpaired) electrons. The number of rotatable bonds is 9. The van der Waals surface area contributed by atoms with Gasteiger partial charge in [0.05, 0.1) is 25.8 Å². The van der Waals surface area contributed by atoms with Gasteiger partial charge in [-0.3, -0.25) is 19.2 Å². The third kappa shape index (κ3) is 6.20. The van der Waals surface area contributed by atoms with Crippen molar-refractivity contribution in [2.75, 3.05) is 37.6 Å². The molecule has 1 aliphatic heterocycles. The van der Waals surface area contributed by atoms with E-state index in [0.717, 1.165) is 4.47 Å². The molecule has 38 heavy (non-hydrogen) atoms. The number of ether oxygens (including phenoxy) is 3. The molecule has 1 saturated heterocycles. The van der Waals surface area contributed by atoms with Gasteiger partial charge in [0.2, 0.25) is 5.91 Å². The van der Waals surface area contributed by atoms with E-state index >= 15 is 0 Å². The fourth-order valence-corrected chi connectivity index (χ4v) is 4.25. The van der Waals surface area contributed by atoms with Gasteiger partial charge < -0.3 is 24.4 Å². The largest absolute Gasteiger partial charge is 0.497 e. The molecule has 0 unspecified atom stereocenters. The highest BCUT2D eigenvalue weighted by Crippen LogP contribution is 2.30. The Morgan fingerprint density at radius 1 is 0.947 bits per heavy atom. The van der Waals surface area contributed by atoms with Crippen LogP contribution in [0, 0.1) is 5.92 Å². The molecule has 0 saturated carbocycles. The number of carbonyl (C=O) groups excluding carboxylic acids is 4. The molecule has 196 valence electrons. The Hall–Kier alpha value is -4.18. The van der Waals surface area contributed by atoms with Crippen LogP contribution in [0.2, 0.25) is 0 Å². The molecule has 1 fully saturated rings. The fourth-order valence-electron chi connectivity index (χ4n) is 3.99. The standard InChI is InChI=1S/C28H25BrN2O7/c1-36-22-11-12-25(37-2)23(14-22)30-27(34)18-5-9-21(10-6-18)31-15-19(13-26(31)33)28(35)38-16-24(32)17-3-7-20(29)8-4-17/h3-12,14,19H,13,15-16H2,1-2H3,(H,30,34)/t19-/m0/s1. The van der Waals surface area contributed by atoms with E-state index in [1.54, 1.807) is 66.7 Å². The third-order valence-electron chi connectivity index (χ3n) is 6.07. The lowest BCUT2D eigenvalue weighted by Crippen LogP contribution is -2.27. The molecule has 9 nitrogen and oxygen atoms in total. The summed E-state index contributed by atoms with van der Waals surface area (Å²) in [7, 11) is 3.03. The van der Waals surface area contributed by atoms with E-state index < -0.39 is 18.5 Å². The number of carbonyl (C=O) groups is 4.